The number of alkyl halides is 3. The van der Waals surface area contributed by atoms with E-state index < -0.39 is 34.3 Å². The van der Waals surface area contributed by atoms with Crippen LogP contribution in [0, 0.1) is 6.92 Å². The van der Waals surface area contributed by atoms with E-state index in [0.717, 1.165) is 29.8 Å². The predicted molar refractivity (Wildman–Crippen MR) is 117 cm³/mol. The summed E-state index contributed by atoms with van der Waals surface area (Å²) in [6.07, 6.45) is -4.46. The maximum absolute atomic E-state index is 12.6. The van der Waals surface area contributed by atoms with Crippen LogP contribution in [0.15, 0.2) is 77.7 Å². The van der Waals surface area contributed by atoms with Crippen molar-refractivity contribution in [3.8, 4) is 5.75 Å². The Morgan fingerprint density at radius 1 is 0.970 bits per heavy atom. The number of nitrogens with one attached hydrogen (secondary N) is 2. The molecular formula is C23H21F3N2O4S. The van der Waals surface area contributed by atoms with E-state index in [4.69, 9.17) is 4.74 Å². The van der Waals surface area contributed by atoms with Crippen LogP contribution >= 0.6 is 0 Å². The summed E-state index contributed by atoms with van der Waals surface area (Å²) in [6.45, 7) is 1.38. The van der Waals surface area contributed by atoms with Gasteiger partial charge in [-0.15, -0.1) is 0 Å². The highest BCUT2D eigenvalue weighted by molar-refractivity contribution is 7.89. The number of halogens is 3. The van der Waals surface area contributed by atoms with E-state index in [2.05, 4.69) is 10.0 Å². The van der Waals surface area contributed by atoms with Crippen LogP contribution in [-0.2, 0) is 27.5 Å². The van der Waals surface area contributed by atoms with E-state index in [1.54, 1.807) is 19.1 Å². The van der Waals surface area contributed by atoms with Crippen molar-refractivity contribution < 1.29 is 31.1 Å². The Bertz CT molecular complexity index is 1210. The summed E-state index contributed by atoms with van der Waals surface area (Å²) in [5, 5.41) is 2.44. The van der Waals surface area contributed by atoms with E-state index in [1.807, 2.05) is 18.2 Å². The molecule has 3 aromatic rings. The number of aryl methyl sites for hydroxylation is 1. The van der Waals surface area contributed by atoms with Crippen LogP contribution in [0.4, 0.5) is 18.9 Å². The molecule has 0 spiro atoms. The molecule has 0 unspecified atom stereocenters. The smallest absolute Gasteiger partial charge is 0.416 e. The average Bonchev–Trinajstić information content (AvgIpc) is 2.77. The summed E-state index contributed by atoms with van der Waals surface area (Å²) >= 11 is 0. The van der Waals surface area contributed by atoms with Gasteiger partial charge in [0.2, 0.25) is 10.0 Å². The number of carbonyl (C=O) groups is 1. The summed E-state index contributed by atoms with van der Waals surface area (Å²) in [7, 11) is -3.75. The molecule has 6 nitrogen and oxygen atoms in total. The van der Waals surface area contributed by atoms with Crippen LogP contribution < -0.4 is 14.8 Å². The zero-order chi connectivity index (χ0) is 24.1. The fourth-order valence-corrected chi connectivity index (χ4v) is 3.99. The van der Waals surface area contributed by atoms with Crippen molar-refractivity contribution in [2.75, 3.05) is 11.9 Å². The molecule has 0 atom stereocenters. The second-order valence-electron chi connectivity index (χ2n) is 7.15. The molecule has 0 aliphatic rings. The van der Waals surface area contributed by atoms with Crippen molar-refractivity contribution in [3.63, 3.8) is 0 Å². The molecule has 3 rings (SSSR count). The minimum atomic E-state index is -4.46. The van der Waals surface area contributed by atoms with E-state index in [9.17, 15) is 26.4 Å². The molecular weight excluding hydrogens is 457 g/mol. The summed E-state index contributed by atoms with van der Waals surface area (Å²) in [6, 6.07) is 17.3. The maximum atomic E-state index is 12.6. The van der Waals surface area contributed by atoms with Crippen molar-refractivity contribution in [3.05, 3.63) is 89.5 Å². The summed E-state index contributed by atoms with van der Waals surface area (Å²) in [5.74, 6) is -0.269. The highest BCUT2D eigenvalue weighted by Crippen LogP contribution is 2.29. The first-order valence-electron chi connectivity index (χ1n) is 9.79. The standard InChI is InChI=1S/C23H21F3N2O4S/c1-16-13-20(33(30,31)27-14-17-5-3-2-4-6-17)11-12-21(16)32-15-22(29)28-19-9-7-18(8-10-19)23(24,25)26/h2-13,27H,14-15H2,1H3,(H,28,29). The van der Waals surface area contributed by atoms with Crippen molar-refractivity contribution in [1.29, 1.82) is 0 Å². The van der Waals surface area contributed by atoms with Crippen LogP contribution in [0.2, 0.25) is 0 Å². The number of anilines is 1. The number of ether oxygens (including phenoxy) is 1. The van der Waals surface area contributed by atoms with Gasteiger partial charge in [0, 0.05) is 12.2 Å². The van der Waals surface area contributed by atoms with Crippen molar-refractivity contribution in [2.24, 2.45) is 0 Å². The molecule has 0 saturated heterocycles. The molecule has 0 aromatic heterocycles. The number of hydrogen-bond donors (Lipinski definition) is 2. The zero-order valence-electron chi connectivity index (χ0n) is 17.5. The highest BCUT2D eigenvalue weighted by atomic mass is 32.2. The largest absolute Gasteiger partial charge is 0.483 e. The van der Waals surface area contributed by atoms with Gasteiger partial charge in [-0.2, -0.15) is 13.2 Å². The fraction of sp³-hybridized carbons (Fsp3) is 0.174. The third-order valence-electron chi connectivity index (χ3n) is 4.62. The molecule has 0 bridgehead atoms. The van der Waals surface area contributed by atoms with Gasteiger partial charge in [-0.05, 0) is 60.5 Å². The summed E-state index contributed by atoms with van der Waals surface area (Å²) in [4.78, 5) is 12.1. The van der Waals surface area contributed by atoms with E-state index in [0.29, 0.717) is 11.3 Å². The van der Waals surface area contributed by atoms with Gasteiger partial charge in [-0.1, -0.05) is 30.3 Å². The lowest BCUT2D eigenvalue weighted by atomic mass is 10.2. The Hall–Kier alpha value is -3.37. The molecule has 0 aliphatic carbocycles. The molecule has 0 fully saturated rings. The lowest BCUT2D eigenvalue weighted by Gasteiger charge is -2.12. The Kier molecular flexibility index (Phi) is 7.39. The number of carbonyl (C=O) groups excluding carboxylic acids is 1. The first-order valence-corrected chi connectivity index (χ1v) is 11.3. The number of amides is 1. The number of benzene rings is 3. The first kappa shape index (κ1) is 24.3. The molecule has 0 radical (unpaired) electrons. The van der Waals surface area contributed by atoms with E-state index >= 15 is 0 Å². The van der Waals surface area contributed by atoms with E-state index in [-0.39, 0.29) is 17.1 Å². The topological polar surface area (TPSA) is 84.5 Å². The van der Waals surface area contributed by atoms with Gasteiger partial charge in [0.15, 0.2) is 6.61 Å². The summed E-state index contributed by atoms with van der Waals surface area (Å²) in [5.41, 5.74) is 0.691. The molecule has 2 N–H and O–H groups in total. The fourth-order valence-electron chi connectivity index (χ4n) is 2.89. The monoisotopic (exact) mass is 478 g/mol. The van der Waals surface area contributed by atoms with Crippen molar-refractivity contribution in [2.45, 2.75) is 24.5 Å². The van der Waals surface area contributed by atoms with Gasteiger partial charge >= 0.3 is 6.18 Å². The van der Waals surface area contributed by atoms with Crippen LogP contribution in [0.3, 0.4) is 0 Å². The second-order valence-corrected chi connectivity index (χ2v) is 8.92. The molecule has 0 heterocycles. The van der Waals surface area contributed by atoms with Crippen molar-refractivity contribution >= 4 is 21.6 Å². The Labute approximate surface area is 189 Å². The summed E-state index contributed by atoms with van der Waals surface area (Å²) < 4.78 is 70.8. The molecule has 3 aromatic carbocycles. The normalized spacial score (nSPS) is 11.8. The first-order chi connectivity index (χ1) is 15.5. The van der Waals surface area contributed by atoms with Gasteiger partial charge in [-0.3, -0.25) is 4.79 Å². The number of sulfonamides is 1. The molecule has 1 amide bonds. The van der Waals surface area contributed by atoms with Crippen LogP contribution in [-0.4, -0.2) is 20.9 Å². The Morgan fingerprint density at radius 3 is 2.24 bits per heavy atom. The van der Waals surface area contributed by atoms with Crippen molar-refractivity contribution in [1.82, 2.24) is 4.72 Å². The average molecular weight is 478 g/mol. The highest BCUT2D eigenvalue weighted by Gasteiger charge is 2.30. The molecule has 33 heavy (non-hydrogen) atoms. The van der Waals surface area contributed by atoms with Crippen LogP contribution in [0.1, 0.15) is 16.7 Å². The van der Waals surface area contributed by atoms with Gasteiger partial charge in [0.1, 0.15) is 5.75 Å². The second kappa shape index (κ2) is 10.1. The lowest BCUT2D eigenvalue weighted by molar-refractivity contribution is -0.137. The van der Waals surface area contributed by atoms with Crippen LogP contribution in [0.25, 0.3) is 0 Å². The van der Waals surface area contributed by atoms with Crippen LogP contribution in [0.5, 0.6) is 5.75 Å². The predicted octanol–water partition coefficient (Wildman–Crippen LogP) is 4.51. The number of rotatable bonds is 8. The quantitative estimate of drug-likeness (QED) is 0.499. The molecule has 10 heteroatoms. The molecule has 0 aliphatic heterocycles. The van der Waals surface area contributed by atoms with Gasteiger partial charge in [-0.25, -0.2) is 13.1 Å². The number of hydrogen-bond acceptors (Lipinski definition) is 4. The van der Waals surface area contributed by atoms with E-state index in [1.165, 1.54) is 18.2 Å². The SMILES string of the molecule is Cc1cc(S(=O)(=O)NCc2ccccc2)ccc1OCC(=O)Nc1ccc(C(F)(F)F)cc1. The third kappa shape index (κ3) is 6.80. The zero-order valence-corrected chi connectivity index (χ0v) is 18.3. The lowest BCUT2D eigenvalue weighted by Crippen LogP contribution is -2.23. The Balaban J connectivity index is 1.57. The minimum absolute atomic E-state index is 0.0532. The minimum Gasteiger partial charge on any atom is -0.483 e. The van der Waals surface area contributed by atoms with Gasteiger partial charge in [0.05, 0.1) is 10.5 Å². The Morgan fingerprint density at radius 2 is 1.64 bits per heavy atom. The maximum Gasteiger partial charge on any atom is 0.416 e. The van der Waals surface area contributed by atoms with Gasteiger partial charge in [0.25, 0.3) is 5.91 Å². The van der Waals surface area contributed by atoms with Gasteiger partial charge < -0.3 is 10.1 Å². The molecule has 174 valence electrons. The third-order valence-corrected chi connectivity index (χ3v) is 6.02. The molecule has 0 saturated carbocycles.